The fourth-order valence-corrected chi connectivity index (χ4v) is 2.92. The number of ether oxygens (including phenoxy) is 1. The molecule has 0 bridgehead atoms. The third-order valence-corrected chi connectivity index (χ3v) is 4.49. The molecule has 2 aromatic rings. The van der Waals surface area contributed by atoms with E-state index in [4.69, 9.17) is 4.74 Å². The number of nitrogens with one attached hydrogen (secondary N) is 2. The van der Waals surface area contributed by atoms with Crippen molar-refractivity contribution >= 4 is 23.6 Å². The van der Waals surface area contributed by atoms with Gasteiger partial charge >= 0.3 is 0 Å². The fourth-order valence-electron chi connectivity index (χ4n) is 2.06. The van der Waals surface area contributed by atoms with E-state index in [1.165, 1.54) is 5.56 Å². The molecule has 0 saturated carbocycles. The van der Waals surface area contributed by atoms with Gasteiger partial charge in [-0.05, 0) is 29.8 Å². The van der Waals surface area contributed by atoms with E-state index in [0.717, 1.165) is 10.6 Å². The van der Waals surface area contributed by atoms with Crippen LogP contribution in [0.4, 0.5) is 0 Å². The maximum absolute atomic E-state index is 12.0. The summed E-state index contributed by atoms with van der Waals surface area (Å²) in [6.45, 7) is 0.827. The highest BCUT2D eigenvalue weighted by atomic mass is 32.2. The first kappa shape index (κ1) is 19.0. The minimum Gasteiger partial charge on any atom is -0.383 e. The predicted molar refractivity (Wildman–Crippen MR) is 99.7 cm³/mol. The minimum atomic E-state index is -0.262. The highest BCUT2D eigenvalue weighted by Gasteiger charge is 2.08. The smallest absolute Gasteiger partial charge is 0.251 e. The lowest BCUT2D eigenvalue weighted by Gasteiger charge is -2.07. The van der Waals surface area contributed by atoms with Crippen molar-refractivity contribution in [1.29, 1.82) is 0 Å². The van der Waals surface area contributed by atoms with Crippen LogP contribution in [0.5, 0.6) is 0 Å². The Bertz CT molecular complexity index is 675. The molecule has 0 heterocycles. The average molecular weight is 358 g/mol. The van der Waals surface area contributed by atoms with Gasteiger partial charge in [-0.25, -0.2) is 0 Å². The first-order valence-corrected chi connectivity index (χ1v) is 8.98. The molecule has 0 aliphatic rings. The highest BCUT2D eigenvalue weighted by Crippen LogP contribution is 2.22. The van der Waals surface area contributed by atoms with Crippen LogP contribution in [0, 0.1) is 0 Å². The molecule has 0 spiro atoms. The number of amides is 2. The standard InChI is InChI=1S/C19H22N2O3S/c1-24-12-11-20-18(22)13-21-19(23)16-7-9-17(10-8-16)25-14-15-5-3-2-4-6-15/h2-10H,11-14H2,1H3,(H,20,22)(H,21,23). The van der Waals surface area contributed by atoms with Crippen molar-refractivity contribution in [3.8, 4) is 0 Å². The molecule has 2 rings (SSSR count). The molecule has 0 aliphatic carbocycles. The number of benzene rings is 2. The van der Waals surface area contributed by atoms with Gasteiger partial charge in [-0.2, -0.15) is 0 Å². The molecule has 2 N–H and O–H groups in total. The molecule has 0 saturated heterocycles. The first-order chi connectivity index (χ1) is 12.2. The van der Waals surface area contributed by atoms with Crippen molar-refractivity contribution in [3.05, 3.63) is 65.7 Å². The molecule has 25 heavy (non-hydrogen) atoms. The van der Waals surface area contributed by atoms with Crippen LogP contribution in [-0.4, -0.2) is 38.6 Å². The molecular formula is C19H22N2O3S. The Morgan fingerprint density at radius 1 is 1.00 bits per heavy atom. The number of carbonyl (C=O) groups is 2. The fraction of sp³-hybridized carbons (Fsp3) is 0.263. The van der Waals surface area contributed by atoms with Crippen LogP contribution in [0.25, 0.3) is 0 Å². The van der Waals surface area contributed by atoms with Gasteiger partial charge < -0.3 is 15.4 Å². The van der Waals surface area contributed by atoms with Crippen molar-refractivity contribution in [3.63, 3.8) is 0 Å². The first-order valence-electron chi connectivity index (χ1n) is 7.99. The van der Waals surface area contributed by atoms with Crippen LogP contribution in [0.3, 0.4) is 0 Å². The van der Waals surface area contributed by atoms with E-state index in [1.807, 2.05) is 30.3 Å². The summed E-state index contributed by atoms with van der Waals surface area (Å²) in [5.74, 6) is 0.385. The Kier molecular flexibility index (Phi) is 8.01. The maximum atomic E-state index is 12.0. The number of carbonyl (C=O) groups excluding carboxylic acids is 2. The molecule has 0 aromatic heterocycles. The lowest BCUT2D eigenvalue weighted by atomic mass is 10.2. The van der Waals surface area contributed by atoms with Gasteiger partial charge in [0.25, 0.3) is 5.91 Å². The van der Waals surface area contributed by atoms with Crippen LogP contribution >= 0.6 is 11.8 Å². The van der Waals surface area contributed by atoms with Crippen molar-refractivity contribution in [2.75, 3.05) is 26.8 Å². The minimum absolute atomic E-state index is 0.0486. The molecule has 6 heteroatoms. The van der Waals surface area contributed by atoms with Crippen molar-refractivity contribution < 1.29 is 14.3 Å². The van der Waals surface area contributed by atoms with Crippen molar-refractivity contribution in [2.24, 2.45) is 0 Å². The van der Waals surface area contributed by atoms with Crippen LogP contribution in [0.15, 0.2) is 59.5 Å². The lowest BCUT2D eigenvalue weighted by Crippen LogP contribution is -2.38. The monoisotopic (exact) mass is 358 g/mol. The molecule has 0 fully saturated rings. The summed E-state index contributed by atoms with van der Waals surface area (Å²) in [7, 11) is 1.57. The summed E-state index contributed by atoms with van der Waals surface area (Å²) >= 11 is 1.72. The second-order valence-corrected chi connectivity index (χ2v) is 6.37. The van der Waals surface area contributed by atoms with Gasteiger partial charge in [-0.1, -0.05) is 30.3 Å². The van der Waals surface area contributed by atoms with E-state index in [9.17, 15) is 9.59 Å². The molecule has 0 unspecified atom stereocenters. The summed E-state index contributed by atoms with van der Waals surface area (Å²) in [6.07, 6.45) is 0. The summed E-state index contributed by atoms with van der Waals surface area (Å²) in [5, 5.41) is 5.25. The summed E-state index contributed by atoms with van der Waals surface area (Å²) in [4.78, 5) is 24.7. The van der Waals surface area contributed by atoms with Gasteiger partial charge in [0, 0.05) is 29.9 Å². The van der Waals surface area contributed by atoms with Gasteiger partial charge in [-0.15, -0.1) is 11.8 Å². The van der Waals surface area contributed by atoms with E-state index >= 15 is 0 Å². The number of rotatable bonds is 9. The molecule has 132 valence electrons. The second-order valence-electron chi connectivity index (χ2n) is 5.32. The normalized spacial score (nSPS) is 10.3. The Labute approximate surface area is 152 Å². The summed E-state index contributed by atoms with van der Waals surface area (Å²) in [6, 6.07) is 17.6. The van der Waals surface area contributed by atoms with Gasteiger partial charge in [0.1, 0.15) is 0 Å². The molecule has 0 atom stereocenters. The molecule has 2 amide bonds. The van der Waals surface area contributed by atoms with E-state index in [0.29, 0.717) is 18.7 Å². The molecule has 0 aliphatic heterocycles. The van der Waals surface area contributed by atoms with E-state index < -0.39 is 0 Å². The Hall–Kier alpha value is -2.31. The van der Waals surface area contributed by atoms with E-state index in [1.54, 1.807) is 31.0 Å². The SMILES string of the molecule is COCCNC(=O)CNC(=O)c1ccc(SCc2ccccc2)cc1. The van der Waals surface area contributed by atoms with Gasteiger partial charge in [-0.3, -0.25) is 9.59 Å². The topological polar surface area (TPSA) is 67.4 Å². The largest absolute Gasteiger partial charge is 0.383 e. The van der Waals surface area contributed by atoms with Crippen molar-refractivity contribution in [1.82, 2.24) is 10.6 Å². The third-order valence-electron chi connectivity index (χ3n) is 3.40. The zero-order chi connectivity index (χ0) is 17.9. The van der Waals surface area contributed by atoms with Gasteiger partial charge in [0.2, 0.25) is 5.91 Å². The number of thioether (sulfide) groups is 1. The Morgan fingerprint density at radius 3 is 2.40 bits per heavy atom. The zero-order valence-corrected chi connectivity index (χ0v) is 15.0. The van der Waals surface area contributed by atoms with Crippen molar-refractivity contribution in [2.45, 2.75) is 10.6 Å². The van der Waals surface area contributed by atoms with Gasteiger partial charge in [0.05, 0.1) is 13.2 Å². The Balaban J connectivity index is 1.76. The van der Waals surface area contributed by atoms with E-state index in [-0.39, 0.29) is 18.4 Å². The predicted octanol–water partition coefficient (Wildman–Crippen LogP) is 2.47. The summed E-state index contributed by atoms with van der Waals surface area (Å²) < 4.78 is 4.84. The molecule has 5 nitrogen and oxygen atoms in total. The highest BCUT2D eigenvalue weighted by molar-refractivity contribution is 7.98. The zero-order valence-electron chi connectivity index (χ0n) is 14.2. The van der Waals surface area contributed by atoms with Crippen LogP contribution in [0.2, 0.25) is 0 Å². The molecular weight excluding hydrogens is 336 g/mol. The quantitative estimate of drug-likeness (QED) is 0.534. The second kappa shape index (κ2) is 10.5. The molecule has 0 radical (unpaired) electrons. The van der Waals surface area contributed by atoms with E-state index in [2.05, 4.69) is 22.8 Å². The average Bonchev–Trinajstić information content (AvgIpc) is 2.66. The Morgan fingerprint density at radius 2 is 1.72 bits per heavy atom. The maximum Gasteiger partial charge on any atom is 0.251 e. The van der Waals surface area contributed by atoms with Crippen LogP contribution < -0.4 is 10.6 Å². The summed E-state index contributed by atoms with van der Waals surface area (Å²) in [5.41, 5.74) is 1.79. The lowest BCUT2D eigenvalue weighted by molar-refractivity contribution is -0.120. The number of hydrogen-bond acceptors (Lipinski definition) is 4. The number of hydrogen-bond donors (Lipinski definition) is 2. The molecule has 2 aromatic carbocycles. The van der Waals surface area contributed by atoms with Gasteiger partial charge in [0.15, 0.2) is 0 Å². The van der Waals surface area contributed by atoms with Crippen LogP contribution in [0.1, 0.15) is 15.9 Å². The number of methoxy groups -OCH3 is 1. The van der Waals surface area contributed by atoms with Crippen LogP contribution in [-0.2, 0) is 15.3 Å². The third kappa shape index (κ3) is 6.99.